The fourth-order valence-corrected chi connectivity index (χ4v) is 1.36. The highest BCUT2D eigenvalue weighted by Gasteiger charge is 2.14. The molecular weight excluding hydrogens is 213 g/mol. The molecule has 0 saturated carbocycles. The number of hydrogen-bond donors (Lipinski definition) is 1. The molecule has 0 atom stereocenters. The molecule has 0 bridgehead atoms. The first-order chi connectivity index (χ1) is 6.94. The Morgan fingerprint density at radius 2 is 2.07 bits per heavy atom. The maximum Gasteiger partial charge on any atom is 0.124 e. The Bertz CT molecular complexity index is 336. The maximum absolute atomic E-state index is 12.8. The molecule has 0 aromatic heterocycles. The summed E-state index contributed by atoms with van der Waals surface area (Å²) in [5, 5.41) is 3.86. The summed E-state index contributed by atoms with van der Waals surface area (Å²) < 4.78 is 12.8. The second-order valence-electron chi connectivity index (χ2n) is 4.33. The Labute approximate surface area is 95.6 Å². The van der Waals surface area contributed by atoms with Crippen molar-refractivity contribution in [1.82, 2.24) is 5.32 Å². The molecule has 0 amide bonds. The van der Waals surface area contributed by atoms with Crippen LogP contribution in [0.15, 0.2) is 18.2 Å². The highest BCUT2D eigenvalue weighted by atomic mass is 35.5. The summed E-state index contributed by atoms with van der Waals surface area (Å²) >= 11 is 5.92. The SMILES string of the molecule is CCC(C)(C)NCc1ccc(F)cc1Cl. The van der Waals surface area contributed by atoms with Crippen LogP contribution >= 0.6 is 11.6 Å². The first-order valence-electron chi connectivity index (χ1n) is 5.13. The van der Waals surface area contributed by atoms with Gasteiger partial charge in [0.05, 0.1) is 0 Å². The number of benzene rings is 1. The molecule has 0 radical (unpaired) electrons. The summed E-state index contributed by atoms with van der Waals surface area (Å²) in [5.41, 5.74) is 1.01. The zero-order chi connectivity index (χ0) is 11.5. The zero-order valence-electron chi connectivity index (χ0n) is 9.40. The largest absolute Gasteiger partial charge is 0.308 e. The Hall–Kier alpha value is -0.600. The molecule has 0 aliphatic rings. The van der Waals surface area contributed by atoms with Crippen LogP contribution < -0.4 is 5.32 Å². The van der Waals surface area contributed by atoms with Gasteiger partial charge in [-0.1, -0.05) is 24.6 Å². The van der Waals surface area contributed by atoms with Crippen LogP contribution in [0.5, 0.6) is 0 Å². The lowest BCUT2D eigenvalue weighted by molar-refractivity contribution is 0.374. The molecule has 0 saturated heterocycles. The lowest BCUT2D eigenvalue weighted by Crippen LogP contribution is -2.37. The van der Waals surface area contributed by atoms with E-state index in [0.29, 0.717) is 11.6 Å². The van der Waals surface area contributed by atoms with Crippen LogP contribution in [-0.4, -0.2) is 5.54 Å². The molecule has 1 aromatic rings. The van der Waals surface area contributed by atoms with E-state index < -0.39 is 0 Å². The molecule has 1 N–H and O–H groups in total. The van der Waals surface area contributed by atoms with E-state index in [1.54, 1.807) is 6.07 Å². The quantitative estimate of drug-likeness (QED) is 0.829. The molecule has 3 heteroatoms. The van der Waals surface area contributed by atoms with Crippen LogP contribution in [0.3, 0.4) is 0 Å². The molecular formula is C12H17ClFN. The van der Waals surface area contributed by atoms with Gasteiger partial charge in [0.25, 0.3) is 0 Å². The van der Waals surface area contributed by atoms with Crippen LogP contribution in [0.4, 0.5) is 4.39 Å². The van der Waals surface area contributed by atoms with Crippen LogP contribution in [0.2, 0.25) is 5.02 Å². The topological polar surface area (TPSA) is 12.0 Å². The molecule has 84 valence electrons. The number of halogens is 2. The van der Waals surface area contributed by atoms with E-state index in [1.807, 2.05) is 0 Å². The van der Waals surface area contributed by atoms with Crippen LogP contribution in [0, 0.1) is 5.82 Å². The summed E-state index contributed by atoms with van der Waals surface area (Å²) in [6.45, 7) is 7.05. The second kappa shape index (κ2) is 4.95. The van der Waals surface area contributed by atoms with Gasteiger partial charge in [0.2, 0.25) is 0 Å². The van der Waals surface area contributed by atoms with Gasteiger partial charge in [-0.2, -0.15) is 0 Å². The van der Waals surface area contributed by atoms with Crippen molar-refractivity contribution in [2.24, 2.45) is 0 Å². The number of nitrogens with one attached hydrogen (secondary N) is 1. The molecule has 1 rings (SSSR count). The third-order valence-electron chi connectivity index (χ3n) is 2.66. The molecule has 0 unspecified atom stereocenters. The lowest BCUT2D eigenvalue weighted by Gasteiger charge is -2.24. The smallest absolute Gasteiger partial charge is 0.124 e. The average Bonchev–Trinajstić information content (AvgIpc) is 2.16. The van der Waals surface area contributed by atoms with E-state index in [1.165, 1.54) is 12.1 Å². The predicted octanol–water partition coefficient (Wildman–Crippen LogP) is 3.76. The van der Waals surface area contributed by atoms with E-state index in [2.05, 4.69) is 26.1 Å². The third kappa shape index (κ3) is 3.80. The summed E-state index contributed by atoms with van der Waals surface area (Å²) in [6.07, 6.45) is 1.03. The Kier molecular flexibility index (Phi) is 4.12. The fourth-order valence-electron chi connectivity index (χ4n) is 1.12. The van der Waals surface area contributed by atoms with Gasteiger partial charge in [0, 0.05) is 17.1 Å². The van der Waals surface area contributed by atoms with Crippen molar-refractivity contribution in [2.45, 2.75) is 39.3 Å². The zero-order valence-corrected chi connectivity index (χ0v) is 10.2. The molecule has 15 heavy (non-hydrogen) atoms. The van der Waals surface area contributed by atoms with Gasteiger partial charge >= 0.3 is 0 Å². The summed E-state index contributed by atoms with van der Waals surface area (Å²) in [5.74, 6) is -0.293. The molecule has 0 fully saturated rings. The molecule has 0 aliphatic carbocycles. The van der Waals surface area contributed by atoms with Crippen LogP contribution in [0.1, 0.15) is 32.8 Å². The van der Waals surface area contributed by atoms with Gasteiger partial charge in [0.15, 0.2) is 0 Å². The third-order valence-corrected chi connectivity index (χ3v) is 3.01. The highest BCUT2D eigenvalue weighted by Crippen LogP contribution is 2.18. The summed E-state index contributed by atoms with van der Waals surface area (Å²) in [6, 6.07) is 4.50. The molecule has 1 aromatic carbocycles. The first kappa shape index (κ1) is 12.5. The van der Waals surface area contributed by atoms with Gasteiger partial charge in [-0.05, 0) is 38.0 Å². The van der Waals surface area contributed by atoms with Crippen LogP contribution in [0.25, 0.3) is 0 Å². The molecule has 0 spiro atoms. The summed E-state index contributed by atoms with van der Waals surface area (Å²) in [7, 11) is 0. The van der Waals surface area contributed by atoms with Gasteiger partial charge in [-0.25, -0.2) is 4.39 Å². The monoisotopic (exact) mass is 229 g/mol. The van der Waals surface area contributed by atoms with Gasteiger partial charge in [-0.15, -0.1) is 0 Å². The Morgan fingerprint density at radius 3 is 2.60 bits per heavy atom. The highest BCUT2D eigenvalue weighted by molar-refractivity contribution is 6.31. The summed E-state index contributed by atoms with van der Waals surface area (Å²) in [4.78, 5) is 0. The van der Waals surface area contributed by atoms with Crippen molar-refractivity contribution in [1.29, 1.82) is 0 Å². The van der Waals surface area contributed by atoms with Gasteiger partial charge in [-0.3, -0.25) is 0 Å². The first-order valence-corrected chi connectivity index (χ1v) is 5.51. The molecule has 0 heterocycles. The number of hydrogen-bond acceptors (Lipinski definition) is 1. The Balaban J connectivity index is 2.66. The molecule has 1 nitrogen and oxygen atoms in total. The van der Waals surface area contributed by atoms with E-state index in [4.69, 9.17) is 11.6 Å². The fraction of sp³-hybridized carbons (Fsp3) is 0.500. The van der Waals surface area contributed by atoms with Crippen LogP contribution in [-0.2, 0) is 6.54 Å². The minimum Gasteiger partial charge on any atom is -0.308 e. The predicted molar refractivity (Wildman–Crippen MR) is 62.6 cm³/mol. The van der Waals surface area contributed by atoms with E-state index >= 15 is 0 Å². The minimum absolute atomic E-state index is 0.0811. The Morgan fingerprint density at radius 1 is 1.40 bits per heavy atom. The van der Waals surface area contributed by atoms with E-state index in [0.717, 1.165) is 12.0 Å². The average molecular weight is 230 g/mol. The van der Waals surface area contributed by atoms with Gasteiger partial charge in [0.1, 0.15) is 5.82 Å². The van der Waals surface area contributed by atoms with Crippen molar-refractivity contribution in [2.75, 3.05) is 0 Å². The van der Waals surface area contributed by atoms with Gasteiger partial charge < -0.3 is 5.32 Å². The van der Waals surface area contributed by atoms with Crippen molar-refractivity contribution < 1.29 is 4.39 Å². The lowest BCUT2D eigenvalue weighted by atomic mass is 10.0. The van der Waals surface area contributed by atoms with Crippen molar-refractivity contribution >= 4 is 11.6 Å². The van der Waals surface area contributed by atoms with E-state index in [9.17, 15) is 4.39 Å². The second-order valence-corrected chi connectivity index (χ2v) is 4.73. The minimum atomic E-state index is -0.293. The molecule has 0 aliphatic heterocycles. The number of rotatable bonds is 4. The standard InChI is InChI=1S/C12H17ClFN/c1-4-12(2,3)15-8-9-5-6-10(14)7-11(9)13/h5-7,15H,4,8H2,1-3H3. The van der Waals surface area contributed by atoms with Crippen molar-refractivity contribution in [3.8, 4) is 0 Å². The van der Waals surface area contributed by atoms with E-state index in [-0.39, 0.29) is 11.4 Å². The maximum atomic E-state index is 12.8. The van der Waals surface area contributed by atoms with Crippen molar-refractivity contribution in [3.05, 3.63) is 34.6 Å². The van der Waals surface area contributed by atoms with Crippen molar-refractivity contribution in [3.63, 3.8) is 0 Å². The normalized spacial score (nSPS) is 11.8.